The van der Waals surface area contributed by atoms with Crippen molar-refractivity contribution in [2.24, 2.45) is 11.7 Å². The van der Waals surface area contributed by atoms with E-state index in [9.17, 15) is 9.90 Å². The summed E-state index contributed by atoms with van der Waals surface area (Å²) in [5, 5.41) is 11.7. The van der Waals surface area contributed by atoms with Crippen molar-refractivity contribution < 1.29 is 9.90 Å². The van der Waals surface area contributed by atoms with Gasteiger partial charge in [0.1, 0.15) is 0 Å². The molecule has 4 heteroatoms. The van der Waals surface area contributed by atoms with Gasteiger partial charge in [0, 0.05) is 16.5 Å². The number of carbonyl (C=O) groups excluding carboxylic acids is 1. The van der Waals surface area contributed by atoms with Gasteiger partial charge in [-0.15, -0.1) is 0 Å². The number of amides is 1. The van der Waals surface area contributed by atoms with E-state index in [0.29, 0.717) is 22.6 Å². The van der Waals surface area contributed by atoms with E-state index in [0.717, 1.165) is 12.8 Å². The molecule has 27 heavy (non-hydrogen) atoms. The molecule has 3 nitrogen and oxygen atoms in total. The number of halogens is 1. The molecule has 1 aliphatic rings. The quantitative estimate of drug-likeness (QED) is 0.437. The maximum Gasteiger partial charge on any atom is 0.254 e. The molecule has 1 aromatic carbocycles. The van der Waals surface area contributed by atoms with Crippen molar-refractivity contribution in [3.63, 3.8) is 0 Å². The standard InChI is InChI=1S/C23H34ClNO2/c1-2-3-4-5-6-7-8-9-10-11-14-18-17-21(24)19-15-12-13-16-20(19)23(18,27)22(25)26/h12-13,15-18,27H,2-11,14H2,1H3,(H2,25,26). The topological polar surface area (TPSA) is 63.3 Å². The van der Waals surface area contributed by atoms with Crippen LogP contribution in [0.5, 0.6) is 0 Å². The van der Waals surface area contributed by atoms with Crippen LogP contribution in [0.25, 0.3) is 5.03 Å². The van der Waals surface area contributed by atoms with Crippen LogP contribution >= 0.6 is 11.6 Å². The lowest BCUT2D eigenvalue weighted by Crippen LogP contribution is -2.48. The zero-order chi connectivity index (χ0) is 19.7. The third kappa shape index (κ3) is 5.58. The van der Waals surface area contributed by atoms with Crippen molar-refractivity contribution in [1.82, 2.24) is 0 Å². The predicted molar refractivity (Wildman–Crippen MR) is 113 cm³/mol. The van der Waals surface area contributed by atoms with Gasteiger partial charge in [0.15, 0.2) is 5.60 Å². The highest BCUT2D eigenvalue weighted by atomic mass is 35.5. The van der Waals surface area contributed by atoms with Crippen LogP contribution < -0.4 is 5.73 Å². The van der Waals surface area contributed by atoms with Crippen molar-refractivity contribution in [2.45, 2.75) is 83.2 Å². The molecular weight excluding hydrogens is 358 g/mol. The number of hydrogen-bond donors (Lipinski definition) is 2. The third-order valence-corrected chi connectivity index (χ3v) is 6.05. The van der Waals surface area contributed by atoms with Crippen molar-refractivity contribution in [3.05, 3.63) is 41.5 Å². The van der Waals surface area contributed by atoms with Gasteiger partial charge in [-0.25, -0.2) is 0 Å². The number of hydrogen-bond acceptors (Lipinski definition) is 2. The molecule has 3 N–H and O–H groups in total. The molecule has 0 saturated carbocycles. The molecule has 1 aliphatic carbocycles. The second kappa shape index (κ2) is 10.9. The average molecular weight is 392 g/mol. The molecule has 0 aromatic heterocycles. The summed E-state index contributed by atoms with van der Waals surface area (Å²) in [6.45, 7) is 2.24. The zero-order valence-electron chi connectivity index (χ0n) is 16.6. The fourth-order valence-electron chi connectivity index (χ4n) is 4.07. The van der Waals surface area contributed by atoms with E-state index in [4.69, 9.17) is 17.3 Å². The van der Waals surface area contributed by atoms with Crippen LogP contribution in [-0.2, 0) is 10.4 Å². The Labute approximate surface area is 169 Å². The SMILES string of the molecule is CCCCCCCCCCCCC1C=C(Cl)c2ccccc2C1(O)C(N)=O. The number of nitrogens with two attached hydrogens (primary N) is 1. The lowest BCUT2D eigenvalue weighted by Gasteiger charge is -2.37. The summed E-state index contributed by atoms with van der Waals surface area (Å²) in [6.07, 6.45) is 15.0. The molecule has 0 aliphatic heterocycles. The van der Waals surface area contributed by atoms with Crippen LogP contribution in [-0.4, -0.2) is 11.0 Å². The monoisotopic (exact) mass is 391 g/mol. The Bertz CT molecular complexity index is 643. The minimum atomic E-state index is -1.67. The Balaban J connectivity index is 1.82. The van der Waals surface area contributed by atoms with E-state index in [1.54, 1.807) is 12.1 Å². The van der Waals surface area contributed by atoms with E-state index >= 15 is 0 Å². The minimum absolute atomic E-state index is 0.369. The van der Waals surface area contributed by atoms with E-state index in [1.807, 2.05) is 18.2 Å². The van der Waals surface area contributed by atoms with Gasteiger partial charge in [-0.3, -0.25) is 4.79 Å². The van der Waals surface area contributed by atoms with Gasteiger partial charge in [0.25, 0.3) is 5.91 Å². The van der Waals surface area contributed by atoms with Crippen molar-refractivity contribution >= 4 is 22.5 Å². The van der Waals surface area contributed by atoms with E-state index in [-0.39, 0.29) is 5.92 Å². The Morgan fingerprint density at radius 1 is 1.04 bits per heavy atom. The van der Waals surface area contributed by atoms with Crippen molar-refractivity contribution in [3.8, 4) is 0 Å². The summed E-state index contributed by atoms with van der Waals surface area (Å²) in [5.74, 6) is -1.07. The summed E-state index contributed by atoms with van der Waals surface area (Å²) >= 11 is 6.41. The Kier molecular flexibility index (Phi) is 8.85. The van der Waals surface area contributed by atoms with Crippen molar-refractivity contribution in [1.29, 1.82) is 0 Å². The summed E-state index contributed by atoms with van der Waals surface area (Å²) in [4.78, 5) is 12.1. The van der Waals surface area contributed by atoms with Crippen LogP contribution in [0.2, 0.25) is 0 Å². The summed E-state index contributed by atoms with van der Waals surface area (Å²) in [6, 6.07) is 7.22. The number of fused-ring (bicyclic) bond motifs is 1. The van der Waals surface area contributed by atoms with Gasteiger partial charge in [-0.1, -0.05) is 113 Å². The molecule has 0 saturated heterocycles. The molecule has 1 amide bonds. The van der Waals surface area contributed by atoms with Gasteiger partial charge in [-0.2, -0.15) is 0 Å². The van der Waals surface area contributed by atoms with Crippen LogP contribution in [0.3, 0.4) is 0 Å². The second-order valence-corrected chi connectivity index (χ2v) is 8.18. The first-order valence-corrected chi connectivity index (χ1v) is 10.9. The van der Waals surface area contributed by atoms with Gasteiger partial charge in [0.2, 0.25) is 0 Å². The summed E-state index contributed by atoms with van der Waals surface area (Å²) < 4.78 is 0. The predicted octanol–water partition coefficient (Wildman–Crippen LogP) is 5.88. The lowest BCUT2D eigenvalue weighted by molar-refractivity contribution is -0.142. The Morgan fingerprint density at radius 2 is 1.59 bits per heavy atom. The smallest absolute Gasteiger partial charge is 0.254 e. The number of aliphatic hydroxyl groups is 1. The molecule has 0 heterocycles. The number of primary amides is 1. The van der Waals surface area contributed by atoms with Crippen LogP contribution in [0.1, 0.15) is 88.7 Å². The van der Waals surface area contributed by atoms with Gasteiger partial charge >= 0.3 is 0 Å². The number of rotatable bonds is 12. The van der Waals surface area contributed by atoms with Gasteiger partial charge < -0.3 is 10.8 Å². The fourth-order valence-corrected chi connectivity index (χ4v) is 4.39. The maximum atomic E-state index is 12.1. The molecule has 0 fully saturated rings. The summed E-state index contributed by atoms with van der Waals surface area (Å²) in [7, 11) is 0. The molecular formula is C23H34ClNO2. The molecule has 1 aromatic rings. The molecule has 0 radical (unpaired) electrons. The van der Waals surface area contributed by atoms with Crippen LogP contribution in [0, 0.1) is 5.92 Å². The number of carbonyl (C=O) groups is 1. The normalized spacial score (nSPS) is 21.6. The first-order chi connectivity index (χ1) is 13.0. The number of benzene rings is 1. The van der Waals surface area contributed by atoms with E-state index in [2.05, 4.69) is 6.92 Å². The number of unbranched alkanes of at least 4 members (excludes halogenated alkanes) is 9. The van der Waals surface area contributed by atoms with Crippen molar-refractivity contribution in [2.75, 3.05) is 0 Å². The highest BCUT2D eigenvalue weighted by Gasteiger charge is 2.46. The highest BCUT2D eigenvalue weighted by Crippen LogP contribution is 2.44. The molecule has 0 spiro atoms. The van der Waals surface area contributed by atoms with Gasteiger partial charge in [0.05, 0.1) is 0 Å². The molecule has 2 rings (SSSR count). The van der Waals surface area contributed by atoms with Crippen LogP contribution in [0.4, 0.5) is 0 Å². The lowest BCUT2D eigenvalue weighted by atomic mass is 9.72. The van der Waals surface area contributed by atoms with E-state index in [1.165, 1.54) is 51.4 Å². The molecule has 150 valence electrons. The minimum Gasteiger partial charge on any atom is -0.375 e. The average Bonchev–Trinajstić information content (AvgIpc) is 2.67. The van der Waals surface area contributed by atoms with Crippen LogP contribution in [0.15, 0.2) is 30.3 Å². The largest absolute Gasteiger partial charge is 0.375 e. The highest BCUT2D eigenvalue weighted by molar-refractivity contribution is 6.49. The maximum absolute atomic E-state index is 12.1. The van der Waals surface area contributed by atoms with E-state index < -0.39 is 11.5 Å². The summed E-state index contributed by atoms with van der Waals surface area (Å²) in [5.41, 5.74) is 5.16. The zero-order valence-corrected chi connectivity index (χ0v) is 17.3. The second-order valence-electron chi connectivity index (χ2n) is 7.77. The fraction of sp³-hybridized carbons (Fsp3) is 0.609. The Hall–Kier alpha value is -1.32. The molecule has 2 atom stereocenters. The first kappa shape index (κ1) is 22.0. The first-order valence-electron chi connectivity index (χ1n) is 10.5. The Morgan fingerprint density at radius 3 is 2.19 bits per heavy atom. The van der Waals surface area contributed by atoms with Gasteiger partial charge in [-0.05, 0) is 12.0 Å². The molecule has 2 unspecified atom stereocenters. The molecule has 0 bridgehead atoms. The third-order valence-electron chi connectivity index (χ3n) is 5.72.